The van der Waals surface area contributed by atoms with E-state index in [1.807, 2.05) is 38.2 Å². The molecular formula is C25H29BrN4O3. The Labute approximate surface area is 202 Å². The van der Waals surface area contributed by atoms with Gasteiger partial charge in [-0.3, -0.25) is 4.79 Å². The number of fused-ring (bicyclic) bond motifs is 1. The minimum Gasteiger partial charge on any atom is -0.481 e. The van der Waals surface area contributed by atoms with Crippen LogP contribution in [0.4, 0.5) is 5.82 Å². The van der Waals surface area contributed by atoms with Gasteiger partial charge >= 0.3 is 5.97 Å². The lowest BCUT2D eigenvalue weighted by Crippen LogP contribution is -2.14. The van der Waals surface area contributed by atoms with Crippen LogP contribution in [0.2, 0.25) is 0 Å². The molecule has 8 heteroatoms. The van der Waals surface area contributed by atoms with Crippen LogP contribution < -0.4 is 10.1 Å². The van der Waals surface area contributed by atoms with Crippen molar-refractivity contribution in [3.8, 4) is 5.88 Å². The van der Waals surface area contributed by atoms with Crippen LogP contribution in [0.25, 0.3) is 0 Å². The van der Waals surface area contributed by atoms with E-state index in [0.717, 1.165) is 52.2 Å². The molecule has 7 nitrogen and oxygen atoms in total. The molecule has 1 aromatic carbocycles. The van der Waals surface area contributed by atoms with Crippen molar-refractivity contribution in [1.82, 2.24) is 14.8 Å². The van der Waals surface area contributed by atoms with E-state index in [0.29, 0.717) is 25.3 Å². The second-order valence-electron chi connectivity index (χ2n) is 8.60. The smallest absolute Gasteiger partial charge is 0.303 e. The van der Waals surface area contributed by atoms with Crippen molar-refractivity contribution >= 4 is 27.7 Å². The first kappa shape index (κ1) is 23.3. The van der Waals surface area contributed by atoms with Crippen LogP contribution in [0, 0.1) is 6.92 Å². The number of benzene rings is 1. The Balaban J connectivity index is 1.40. The van der Waals surface area contributed by atoms with Gasteiger partial charge in [0.25, 0.3) is 0 Å². The number of halogens is 1. The van der Waals surface area contributed by atoms with Gasteiger partial charge < -0.3 is 15.2 Å². The number of nitrogens with zero attached hydrogens (tertiary/aromatic N) is 3. The number of nitrogens with one attached hydrogen (secondary N) is 1. The van der Waals surface area contributed by atoms with Gasteiger partial charge in [-0.05, 0) is 67.0 Å². The summed E-state index contributed by atoms with van der Waals surface area (Å²) in [5.74, 6) is 0.667. The van der Waals surface area contributed by atoms with E-state index in [9.17, 15) is 9.90 Å². The van der Waals surface area contributed by atoms with Gasteiger partial charge in [-0.15, -0.1) is 0 Å². The Morgan fingerprint density at radius 2 is 2.12 bits per heavy atom. The number of ether oxygens (including phenoxy) is 1. The number of carbonyl (C=O) groups is 1. The van der Waals surface area contributed by atoms with Crippen molar-refractivity contribution in [3.05, 3.63) is 68.9 Å². The summed E-state index contributed by atoms with van der Waals surface area (Å²) < 4.78 is 8.65. The first-order valence-electron chi connectivity index (χ1n) is 11.2. The summed E-state index contributed by atoms with van der Waals surface area (Å²) in [4.78, 5) is 16.2. The highest BCUT2D eigenvalue weighted by molar-refractivity contribution is 9.10. The van der Waals surface area contributed by atoms with E-state index in [4.69, 9.17) is 9.72 Å². The fraction of sp³-hybridized carbons (Fsp3) is 0.400. The molecule has 4 rings (SSSR count). The first-order chi connectivity index (χ1) is 15.9. The summed E-state index contributed by atoms with van der Waals surface area (Å²) in [6.45, 7) is 3.47. The van der Waals surface area contributed by atoms with Crippen LogP contribution in [0.1, 0.15) is 46.8 Å². The fourth-order valence-corrected chi connectivity index (χ4v) is 4.91. The van der Waals surface area contributed by atoms with E-state index in [1.165, 1.54) is 5.56 Å². The lowest BCUT2D eigenvalue weighted by atomic mass is 9.90. The second-order valence-corrected chi connectivity index (χ2v) is 9.51. The Kier molecular flexibility index (Phi) is 7.33. The van der Waals surface area contributed by atoms with Gasteiger partial charge in [0.2, 0.25) is 5.88 Å². The lowest BCUT2D eigenvalue weighted by Gasteiger charge is -2.17. The number of aromatic nitrogens is 3. The molecule has 1 aliphatic rings. The number of rotatable bonds is 9. The fourth-order valence-electron chi connectivity index (χ4n) is 4.28. The molecule has 2 aromatic heterocycles. The minimum atomic E-state index is -0.822. The van der Waals surface area contributed by atoms with Crippen molar-refractivity contribution in [3.63, 3.8) is 0 Å². The Bertz CT molecular complexity index is 1120. The van der Waals surface area contributed by atoms with Gasteiger partial charge in [0.15, 0.2) is 0 Å². The molecule has 3 aromatic rings. The highest BCUT2D eigenvalue weighted by atomic mass is 79.9. The van der Waals surface area contributed by atoms with E-state index in [2.05, 4.69) is 38.5 Å². The maximum Gasteiger partial charge on any atom is 0.303 e. The summed E-state index contributed by atoms with van der Waals surface area (Å²) in [6.07, 6.45) is 3.49. The van der Waals surface area contributed by atoms with E-state index >= 15 is 0 Å². The Hall–Kier alpha value is -2.87. The summed E-state index contributed by atoms with van der Waals surface area (Å²) in [5.41, 5.74) is 5.17. The topological polar surface area (TPSA) is 89.3 Å². The number of aliphatic carboxylic acids is 1. The molecule has 0 spiro atoms. The molecule has 2 N–H and O–H groups in total. The van der Waals surface area contributed by atoms with Crippen LogP contribution in [-0.2, 0) is 31.1 Å². The molecule has 33 heavy (non-hydrogen) atoms. The van der Waals surface area contributed by atoms with Gasteiger partial charge in [0, 0.05) is 36.2 Å². The van der Waals surface area contributed by atoms with Gasteiger partial charge in [-0.25, -0.2) is 9.67 Å². The quantitative estimate of drug-likeness (QED) is 0.433. The number of anilines is 1. The Morgan fingerprint density at radius 1 is 1.27 bits per heavy atom. The largest absolute Gasteiger partial charge is 0.481 e. The molecule has 0 fully saturated rings. The predicted molar refractivity (Wildman–Crippen MR) is 131 cm³/mol. The average molecular weight is 513 g/mol. The molecule has 0 saturated heterocycles. The monoisotopic (exact) mass is 512 g/mol. The number of carboxylic acids is 1. The van der Waals surface area contributed by atoms with Gasteiger partial charge in [0.05, 0.1) is 18.7 Å². The van der Waals surface area contributed by atoms with Crippen LogP contribution in [0.15, 0.2) is 40.9 Å². The summed E-state index contributed by atoms with van der Waals surface area (Å²) >= 11 is 3.52. The lowest BCUT2D eigenvalue weighted by molar-refractivity contribution is -0.137. The van der Waals surface area contributed by atoms with Gasteiger partial charge in [0.1, 0.15) is 5.82 Å². The zero-order valence-electron chi connectivity index (χ0n) is 19.0. The third-order valence-electron chi connectivity index (χ3n) is 5.86. The minimum absolute atomic E-state index is 0.0424. The van der Waals surface area contributed by atoms with E-state index < -0.39 is 5.97 Å². The zero-order valence-corrected chi connectivity index (χ0v) is 20.6. The average Bonchev–Trinajstić information content (AvgIpc) is 3.11. The van der Waals surface area contributed by atoms with Crippen LogP contribution in [-0.4, -0.2) is 39.0 Å². The van der Waals surface area contributed by atoms with Crippen LogP contribution in [0.5, 0.6) is 5.88 Å². The van der Waals surface area contributed by atoms with Crippen molar-refractivity contribution < 1.29 is 14.6 Å². The molecular weight excluding hydrogens is 484 g/mol. The summed E-state index contributed by atoms with van der Waals surface area (Å²) in [5, 5.41) is 17.4. The van der Waals surface area contributed by atoms with Crippen molar-refractivity contribution in [1.29, 1.82) is 0 Å². The van der Waals surface area contributed by atoms with Crippen LogP contribution in [0.3, 0.4) is 0 Å². The van der Waals surface area contributed by atoms with Gasteiger partial charge in [-0.2, -0.15) is 5.10 Å². The van der Waals surface area contributed by atoms with Crippen LogP contribution >= 0.6 is 15.9 Å². The maximum atomic E-state index is 11.5. The highest BCUT2D eigenvalue weighted by Gasteiger charge is 2.20. The maximum absolute atomic E-state index is 11.5. The molecule has 3 heterocycles. The molecule has 174 valence electrons. The van der Waals surface area contributed by atoms with Crippen molar-refractivity contribution in [2.45, 2.75) is 44.9 Å². The third-order valence-corrected chi connectivity index (χ3v) is 6.32. The predicted octanol–water partition coefficient (Wildman–Crippen LogP) is 4.67. The molecule has 0 aliphatic carbocycles. The standard InChI is InChI=1S/C25H29BrN4O3/c1-16-10-18(12-20(26)11-16)19(14-24(31)32)13-22-15-23(30(2)29-22)33-9-7-21-6-5-17-4-3-8-27-25(17)28-21/h5-6,10-12,15,19H,3-4,7-9,13-14H2,1-2H3,(H,27,28)(H,31,32). The number of pyridine rings is 1. The highest BCUT2D eigenvalue weighted by Crippen LogP contribution is 2.29. The molecule has 0 radical (unpaired) electrons. The molecule has 1 unspecified atom stereocenters. The summed E-state index contributed by atoms with van der Waals surface area (Å²) in [6, 6.07) is 12.2. The normalized spacial score (nSPS) is 13.8. The molecule has 0 bridgehead atoms. The van der Waals surface area contributed by atoms with E-state index in [-0.39, 0.29) is 12.3 Å². The third kappa shape index (κ3) is 6.13. The number of carboxylic acid groups (broad SMARTS) is 1. The molecule has 0 amide bonds. The number of hydrogen-bond acceptors (Lipinski definition) is 5. The Morgan fingerprint density at radius 3 is 2.91 bits per heavy atom. The molecule has 1 aliphatic heterocycles. The van der Waals surface area contributed by atoms with Gasteiger partial charge in [-0.1, -0.05) is 28.1 Å². The SMILES string of the molecule is Cc1cc(Br)cc(C(CC(=O)O)Cc2cc(OCCc3ccc4c(n3)NCCC4)n(C)n2)c1. The zero-order chi connectivity index (χ0) is 23.4. The van der Waals surface area contributed by atoms with Crippen molar-refractivity contribution in [2.24, 2.45) is 7.05 Å². The second kappa shape index (κ2) is 10.4. The molecule has 1 atom stereocenters. The molecule has 0 saturated carbocycles. The summed E-state index contributed by atoms with van der Waals surface area (Å²) in [7, 11) is 1.84. The van der Waals surface area contributed by atoms with Crippen molar-refractivity contribution in [2.75, 3.05) is 18.5 Å². The number of aryl methyl sites for hydroxylation is 3. The first-order valence-corrected chi connectivity index (χ1v) is 12.0. The van der Waals surface area contributed by atoms with E-state index in [1.54, 1.807) is 4.68 Å². The number of hydrogen-bond donors (Lipinski definition) is 2.